The van der Waals surface area contributed by atoms with E-state index < -0.39 is 18.0 Å². The molecule has 1 aliphatic carbocycles. The van der Waals surface area contributed by atoms with E-state index in [0.717, 1.165) is 16.8 Å². The number of benzene rings is 4. The molecule has 0 heterocycles. The second-order valence-corrected chi connectivity index (χ2v) is 12.9. The summed E-state index contributed by atoms with van der Waals surface area (Å²) in [5.74, 6) is 0. The Morgan fingerprint density at radius 1 is 0.784 bits per heavy atom. The van der Waals surface area contributed by atoms with Gasteiger partial charge in [-0.15, -0.1) is 41.5 Å². The van der Waals surface area contributed by atoms with Crippen LogP contribution in [-0.4, -0.2) is 24.9 Å². The van der Waals surface area contributed by atoms with Gasteiger partial charge in [-0.05, 0) is 49.9 Å². The van der Waals surface area contributed by atoms with Crippen molar-refractivity contribution in [2.24, 2.45) is 0 Å². The zero-order valence-electron chi connectivity index (χ0n) is 20.8. The Hall–Kier alpha value is -2.32. The van der Waals surface area contributed by atoms with Crippen LogP contribution >= 0.6 is 7.92 Å². The molecule has 4 aromatic carbocycles. The van der Waals surface area contributed by atoms with Crippen molar-refractivity contribution in [3.8, 4) is 11.1 Å². The summed E-state index contributed by atoms with van der Waals surface area (Å²) in [6.07, 6.45) is 6.43. The van der Waals surface area contributed by atoms with E-state index in [-0.39, 0.29) is 20.4 Å². The Balaban J connectivity index is 0.000000223. The normalized spacial score (nSPS) is 12.9. The minimum atomic E-state index is -3.67. The fraction of sp³-hybridized carbons (Fsp3) is 0.200. The number of hydrogen-bond acceptors (Lipinski definition) is 2. The van der Waals surface area contributed by atoms with Crippen molar-refractivity contribution in [3.63, 3.8) is 0 Å². The van der Waals surface area contributed by atoms with Crippen LogP contribution in [0.5, 0.6) is 0 Å². The molecule has 0 aromatic heterocycles. The molecule has 4 nitrogen and oxygen atoms in total. The Morgan fingerprint density at radius 2 is 1.24 bits per heavy atom. The third kappa shape index (κ3) is 10.9. The summed E-state index contributed by atoms with van der Waals surface area (Å²) < 4.78 is 25.9. The molecule has 0 amide bonds. The topological polar surface area (TPSA) is 78.2 Å². The standard InChI is InChI=1S/C17H19P.C12H9N.CH4O3S.Pd/c1-3-9-15(10-4-1)18(17-13-7-8-14-17)16-11-5-2-6-12-16;13-12-9-5-4-8-11(12)10-6-2-1-3-7-10;1-5(2,3)4;/h1-6,9-12,17H,7-8,13-14H2;1-6,8-9,13H;1H3,(H,2,3,4);/q;-2;;+2/p+1. The third-order valence-electron chi connectivity index (χ3n) is 5.86. The number of nitrogens with one attached hydrogen (secondary N) is 1. The van der Waals surface area contributed by atoms with Crippen LogP contribution in [0.1, 0.15) is 25.7 Å². The summed E-state index contributed by atoms with van der Waals surface area (Å²) in [5, 5.41) is 3.17. The fourth-order valence-electron chi connectivity index (χ4n) is 4.37. The summed E-state index contributed by atoms with van der Waals surface area (Å²) in [7, 11) is -4.24. The average Bonchev–Trinajstić information content (AvgIpc) is 3.40. The van der Waals surface area contributed by atoms with E-state index in [1.165, 1.54) is 25.7 Å². The Morgan fingerprint density at radius 3 is 1.70 bits per heavy atom. The van der Waals surface area contributed by atoms with E-state index in [1.807, 2.05) is 42.5 Å². The molecule has 0 bridgehead atoms. The van der Waals surface area contributed by atoms with Gasteiger partial charge < -0.3 is 5.73 Å². The van der Waals surface area contributed by atoms with Gasteiger partial charge >= 0.3 is 20.4 Å². The van der Waals surface area contributed by atoms with E-state index in [4.69, 9.17) is 10.3 Å². The maximum Gasteiger partial charge on any atom is 2.00 e. The molecule has 1 aliphatic rings. The summed E-state index contributed by atoms with van der Waals surface area (Å²) in [6.45, 7) is 0. The molecule has 2 N–H and O–H groups in total. The molecule has 0 radical (unpaired) electrons. The molecule has 0 atom stereocenters. The predicted octanol–water partition coefficient (Wildman–Crippen LogP) is 7.13. The zero-order chi connectivity index (χ0) is 25.8. The van der Waals surface area contributed by atoms with Crippen LogP contribution in [0.25, 0.3) is 16.9 Å². The van der Waals surface area contributed by atoms with Crippen LogP contribution in [0.4, 0.5) is 5.69 Å². The minimum absolute atomic E-state index is 0. The Labute approximate surface area is 236 Å². The van der Waals surface area contributed by atoms with Crippen molar-refractivity contribution in [2.45, 2.75) is 31.3 Å². The molecule has 0 spiro atoms. The van der Waals surface area contributed by atoms with Gasteiger partial charge in [0.25, 0.3) is 10.1 Å². The van der Waals surface area contributed by atoms with Gasteiger partial charge in [-0.1, -0.05) is 60.7 Å². The molecule has 196 valence electrons. The molecule has 0 saturated heterocycles. The summed E-state index contributed by atoms with van der Waals surface area (Å²) >= 11 is 0. The van der Waals surface area contributed by atoms with Crippen molar-refractivity contribution in [1.29, 1.82) is 0 Å². The maximum absolute atomic E-state index is 9.19. The van der Waals surface area contributed by atoms with Crippen molar-refractivity contribution < 1.29 is 33.4 Å². The Bertz CT molecular complexity index is 1240. The van der Waals surface area contributed by atoms with Gasteiger partial charge in [0.05, 0.1) is 30.4 Å². The SMILES string of the molecule is CS(=O)(=O)O.[NH-]c1ccccc1-c1[c-]cccc1.[Pd+2].c1ccc([PH+](c2ccccc2)C2CCCC2)cc1. The molecule has 0 unspecified atom stereocenters. The first-order chi connectivity index (χ1) is 17.3. The van der Waals surface area contributed by atoms with Gasteiger partial charge in [0, 0.05) is 0 Å². The number of rotatable bonds is 4. The molecule has 0 aliphatic heterocycles. The molecule has 5 rings (SSSR count). The fourth-order valence-corrected chi connectivity index (χ4v) is 7.73. The van der Waals surface area contributed by atoms with Crippen molar-refractivity contribution >= 4 is 34.3 Å². The second-order valence-electron chi connectivity index (χ2n) is 8.68. The van der Waals surface area contributed by atoms with Gasteiger partial charge in [-0.3, -0.25) is 4.55 Å². The summed E-state index contributed by atoms with van der Waals surface area (Å²) in [5.41, 5.74) is 11.1. The molecule has 4 aromatic rings. The zero-order valence-corrected chi connectivity index (χ0v) is 24.2. The second kappa shape index (κ2) is 15.8. The van der Waals surface area contributed by atoms with Crippen LogP contribution in [0, 0.1) is 6.07 Å². The molecule has 1 saturated carbocycles. The molecular weight excluding hydrogens is 592 g/mol. The first-order valence-corrected chi connectivity index (χ1v) is 15.4. The first kappa shape index (κ1) is 30.9. The van der Waals surface area contributed by atoms with E-state index in [1.54, 1.807) is 16.7 Å². The van der Waals surface area contributed by atoms with E-state index in [0.29, 0.717) is 11.9 Å². The van der Waals surface area contributed by atoms with Gasteiger partial charge in [-0.25, -0.2) is 0 Å². The molecular formula is C30H33NO3PPdS+. The monoisotopic (exact) mass is 624 g/mol. The first-order valence-electron chi connectivity index (χ1n) is 12.0. The van der Waals surface area contributed by atoms with Crippen LogP contribution < -0.4 is 10.6 Å². The molecule has 7 heteroatoms. The van der Waals surface area contributed by atoms with Gasteiger partial charge in [0.15, 0.2) is 0 Å². The van der Waals surface area contributed by atoms with E-state index in [2.05, 4.69) is 66.7 Å². The predicted molar refractivity (Wildman–Crippen MR) is 155 cm³/mol. The van der Waals surface area contributed by atoms with Crippen molar-refractivity contribution in [3.05, 3.63) is 121 Å². The summed E-state index contributed by atoms with van der Waals surface area (Å²) in [6, 6.07) is 40.7. The third-order valence-corrected chi connectivity index (χ3v) is 9.16. The van der Waals surface area contributed by atoms with Gasteiger partial charge in [0.1, 0.15) is 0 Å². The van der Waals surface area contributed by atoms with Gasteiger partial charge in [0.2, 0.25) is 0 Å². The molecule has 37 heavy (non-hydrogen) atoms. The van der Waals surface area contributed by atoms with E-state index >= 15 is 0 Å². The number of hydrogen-bond donors (Lipinski definition) is 1. The smallest absolute Gasteiger partial charge is 0.706 e. The molecule has 1 fully saturated rings. The quantitative estimate of drug-likeness (QED) is 0.114. The van der Waals surface area contributed by atoms with E-state index in [9.17, 15) is 8.42 Å². The van der Waals surface area contributed by atoms with Gasteiger partial charge in [-0.2, -0.15) is 14.1 Å². The van der Waals surface area contributed by atoms with Crippen molar-refractivity contribution in [1.82, 2.24) is 0 Å². The average molecular weight is 625 g/mol. The minimum Gasteiger partial charge on any atom is -0.706 e. The van der Waals surface area contributed by atoms with Crippen molar-refractivity contribution in [2.75, 3.05) is 6.26 Å². The maximum atomic E-state index is 9.19. The Kier molecular flexibility index (Phi) is 13.2. The van der Waals surface area contributed by atoms with Crippen LogP contribution in [0.15, 0.2) is 109 Å². The van der Waals surface area contributed by atoms with Crippen LogP contribution in [-0.2, 0) is 30.5 Å². The summed E-state index contributed by atoms with van der Waals surface area (Å²) in [4.78, 5) is 0. The largest absolute Gasteiger partial charge is 2.00 e. The van der Waals surface area contributed by atoms with Crippen LogP contribution in [0.3, 0.4) is 0 Å². The van der Waals surface area contributed by atoms with Crippen LogP contribution in [0.2, 0.25) is 0 Å².